The van der Waals surface area contributed by atoms with E-state index >= 15 is 0 Å². The molecule has 0 spiro atoms. The van der Waals surface area contributed by atoms with Crippen molar-refractivity contribution < 1.29 is 9.47 Å². The number of pyridine rings is 1. The van der Waals surface area contributed by atoms with Gasteiger partial charge in [-0.05, 0) is 35.0 Å². The molecule has 1 rings (SSSR count). The summed E-state index contributed by atoms with van der Waals surface area (Å²) in [7, 11) is 0. The average molecular weight is 260 g/mol. The predicted molar refractivity (Wildman–Crippen MR) is 58.5 cm³/mol. The number of ether oxygens (including phenoxy) is 2. The van der Waals surface area contributed by atoms with E-state index in [2.05, 4.69) is 20.9 Å². The van der Waals surface area contributed by atoms with Gasteiger partial charge in [-0.1, -0.05) is 0 Å². The third-order valence-corrected chi connectivity index (χ3v) is 2.08. The minimum Gasteiger partial charge on any atom is -0.492 e. The van der Waals surface area contributed by atoms with Crippen LogP contribution < -0.4 is 4.74 Å². The highest BCUT2D eigenvalue weighted by Crippen LogP contribution is 2.12. The molecule has 1 heterocycles. The zero-order valence-electron chi connectivity index (χ0n) is 8.20. The van der Waals surface area contributed by atoms with Crippen LogP contribution in [0.3, 0.4) is 0 Å². The molecule has 0 aliphatic carbocycles. The number of nitrogens with zero attached hydrogens (tertiary/aromatic N) is 1. The molecule has 0 N–H and O–H groups in total. The van der Waals surface area contributed by atoms with Gasteiger partial charge in [0.2, 0.25) is 0 Å². The molecule has 0 aliphatic heterocycles. The van der Waals surface area contributed by atoms with Crippen molar-refractivity contribution in [1.82, 2.24) is 4.98 Å². The van der Waals surface area contributed by atoms with Gasteiger partial charge in [0, 0.05) is 19.6 Å². The SMILES string of the molecule is CCOCCCOc1ccc(Br)nc1. The van der Waals surface area contributed by atoms with Crippen molar-refractivity contribution in [2.75, 3.05) is 19.8 Å². The summed E-state index contributed by atoms with van der Waals surface area (Å²) in [6, 6.07) is 3.75. The molecule has 0 saturated carbocycles. The lowest BCUT2D eigenvalue weighted by atomic mass is 10.4. The Morgan fingerprint density at radius 2 is 2.21 bits per heavy atom. The van der Waals surface area contributed by atoms with Gasteiger partial charge in [-0.3, -0.25) is 0 Å². The second-order valence-corrected chi connectivity index (χ2v) is 3.53. The Balaban J connectivity index is 2.15. The zero-order chi connectivity index (χ0) is 10.2. The zero-order valence-corrected chi connectivity index (χ0v) is 9.79. The van der Waals surface area contributed by atoms with Crippen LogP contribution in [-0.4, -0.2) is 24.8 Å². The summed E-state index contributed by atoms with van der Waals surface area (Å²) in [6.07, 6.45) is 2.61. The van der Waals surface area contributed by atoms with E-state index in [0.29, 0.717) is 6.61 Å². The van der Waals surface area contributed by atoms with Crippen molar-refractivity contribution in [3.63, 3.8) is 0 Å². The summed E-state index contributed by atoms with van der Waals surface area (Å²) in [5.41, 5.74) is 0. The van der Waals surface area contributed by atoms with Gasteiger partial charge in [0.05, 0.1) is 12.8 Å². The second kappa shape index (κ2) is 6.79. The Morgan fingerprint density at radius 1 is 1.36 bits per heavy atom. The monoisotopic (exact) mass is 259 g/mol. The molecule has 0 amide bonds. The normalized spacial score (nSPS) is 10.1. The highest BCUT2D eigenvalue weighted by Gasteiger charge is 1.94. The van der Waals surface area contributed by atoms with Crippen LogP contribution in [0.2, 0.25) is 0 Å². The summed E-state index contributed by atoms with van der Waals surface area (Å²) in [5.74, 6) is 0.796. The molecule has 1 aromatic heterocycles. The lowest BCUT2D eigenvalue weighted by Crippen LogP contribution is -2.02. The highest BCUT2D eigenvalue weighted by atomic mass is 79.9. The summed E-state index contributed by atoms with van der Waals surface area (Å²) in [4.78, 5) is 4.05. The maximum Gasteiger partial charge on any atom is 0.137 e. The molecule has 0 atom stereocenters. The number of rotatable bonds is 6. The molecule has 0 bridgehead atoms. The Hall–Kier alpha value is -0.610. The van der Waals surface area contributed by atoms with E-state index in [1.807, 2.05) is 19.1 Å². The number of hydrogen-bond donors (Lipinski definition) is 0. The van der Waals surface area contributed by atoms with Crippen molar-refractivity contribution in [1.29, 1.82) is 0 Å². The van der Waals surface area contributed by atoms with E-state index in [-0.39, 0.29) is 0 Å². The molecular formula is C10H14BrNO2. The fraction of sp³-hybridized carbons (Fsp3) is 0.500. The van der Waals surface area contributed by atoms with Crippen LogP contribution in [0.25, 0.3) is 0 Å². The molecule has 4 heteroatoms. The largest absolute Gasteiger partial charge is 0.492 e. The van der Waals surface area contributed by atoms with Gasteiger partial charge >= 0.3 is 0 Å². The fourth-order valence-corrected chi connectivity index (χ4v) is 1.18. The topological polar surface area (TPSA) is 31.4 Å². The Morgan fingerprint density at radius 3 is 2.86 bits per heavy atom. The smallest absolute Gasteiger partial charge is 0.137 e. The molecule has 0 fully saturated rings. The molecule has 0 aliphatic rings. The molecule has 0 aromatic carbocycles. The van der Waals surface area contributed by atoms with Gasteiger partial charge in [0.25, 0.3) is 0 Å². The van der Waals surface area contributed by atoms with Crippen LogP contribution in [0.15, 0.2) is 22.9 Å². The lowest BCUT2D eigenvalue weighted by molar-refractivity contribution is 0.131. The Bertz CT molecular complexity index is 251. The van der Waals surface area contributed by atoms with Crippen LogP contribution in [-0.2, 0) is 4.74 Å². The molecule has 0 radical (unpaired) electrons. The van der Waals surface area contributed by atoms with Crippen LogP contribution >= 0.6 is 15.9 Å². The van der Waals surface area contributed by atoms with E-state index in [1.54, 1.807) is 6.20 Å². The van der Waals surface area contributed by atoms with E-state index < -0.39 is 0 Å². The molecule has 0 saturated heterocycles. The average Bonchev–Trinajstić information content (AvgIpc) is 2.21. The molecule has 14 heavy (non-hydrogen) atoms. The van der Waals surface area contributed by atoms with Gasteiger partial charge in [0.1, 0.15) is 10.4 Å². The second-order valence-electron chi connectivity index (χ2n) is 2.72. The minimum absolute atomic E-state index is 0.670. The quantitative estimate of drug-likeness (QED) is 0.582. The van der Waals surface area contributed by atoms with Gasteiger partial charge in [0.15, 0.2) is 0 Å². The van der Waals surface area contributed by atoms with Gasteiger partial charge in [-0.15, -0.1) is 0 Å². The van der Waals surface area contributed by atoms with Crippen molar-refractivity contribution in [2.24, 2.45) is 0 Å². The first-order chi connectivity index (χ1) is 6.83. The van der Waals surface area contributed by atoms with Crippen molar-refractivity contribution in [3.05, 3.63) is 22.9 Å². The summed E-state index contributed by atoms with van der Waals surface area (Å²) < 4.78 is 11.5. The molecule has 78 valence electrons. The third-order valence-electron chi connectivity index (χ3n) is 1.61. The maximum atomic E-state index is 5.44. The van der Waals surface area contributed by atoms with Crippen LogP contribution in [0.5, 0.6) is 5.75 Å². The van der Waals surface area contributed by atoms with Crippen molar-refractivity contribution >= 4 is 15.9 Å². The first-order valence-corrected chi connectivity index (χ1v) is 5.44. The van der Waals surface area contributed by atoms with Crippen molar-refractivity contribution in [3.8, 4) is 5.75 Å². The molecule has 3 nitrogen and oxygen atoms in total. The van der Waals surface area contributed by atoms with Crippen LogP contribution in [0, 0.1) is 0 Å². The van der Waals surface area contributed by atoms with Crippen molar-refractivity contribution in [2.45, 2.75) is 13.3 Å². The Labute approximate surface area is 92.6 Å². The number of hydrogen-bond acceptors (Lipinski definition) is 3. The van der Waals surface area contributed by atoms with Crippen LogP contribution in [0.1, 0.15) is 13.3 Å². The van der Waals surface area contributed by atoms with Gasteiger partial charge in [-0.2, -0.15) is 0 Å². The number of aromatic nitrogens is 1. The molecule has 0 unspecified atom stereocenters. The summed E-state index contributed by atoms with van der Waals surface area (Å²) in [5, 5.41) is 0. The van der Waals surface area contributed by atoms with E-state index in [0.717, 1.165) is 30.0 Å². The standard InChI is InChI=1S/C10H14BrNO2/c1-2-13-6-3-7-14-9-4-5-10(11)12-8-9/h4-5,8H,2-3,6-7H2,1H3. The lowest BCUT2D eigenvalue weighted by Gasteiger charge is -2.05. The number of halogens is 1. The van der Waals surface area contributed by atoms with Gasteiger partial charge in [-0.25, -0.2) is 4.98 Å². The Kier molecular flexibility index (Phi) is 5.56. The van der Waals surface area contributed by atoms with Crippen LogP contribution in [0.4, 0.5) is 0 Å². The fourth-order valence-electron chi connectivity index (χ4n) is 0.943. The molecule has 1 aromatic rings. The van der Waals surface area contributed by atoms with E-state index in [9.17, 15) is 0 Å². The summed E-state index contributed by atoms with van der Waals surface area (Å²) >= 11 is 3.26. The summed E-state index contributed by atoms with van der Waals surface area (Å²) in [6.45, 7) is 4.17. The first kappa shape index (κ1) is 11.5. The minimum atomic E-state index is 0.670. The maximum absolute atomic E-state index is 5.44. The third kappa shape index (κ3) is 4.58. The first-order valence-electron chi connectivity index (χ1n) is 4.65. The van der Waals surface area contributed by atoms with E-state index in [1.165, 1.54) is 0 Å². The molecular weight excluding hydrogens is 246 g/mol. The van der Waals surface area contributed by atoms with Gasteiger partial charge < -0.3 is 9.47 Å². The van der Waals surface area contributed by atoms with E-state index in [4.69, 9.17) is 9.47 Å². The predicted octanol–water partition coefficient (Wildman–Crippen LogP) is 2.65. The highest BCUT2D eigenvalue weighted by molar-refractivity contribution is 9.10.